The maximum Gasteiger partial charge on any atom is 0.118 e. The maximum atomic E-state index is 5.24. The summed E-state index contributed by atoms with van der Waals surface area (Å²) < 4.78 is 10.5. The SMILES string of the molecule is C/C=C(\CC/C(=C\C)c1ccc(OC)cc1)c1ccc(OC)cc1. The van der Waals surface area contributed by atoms with Crippen LogP contribution in [0, 0.1) is 0 Å². The lowest BCUT2D eigenvalue weighted by Gasteiger charge is -2.12. The van der Waals surface area contributed by atoms with Gasteiger partial charge in [-0.05, 0) is 73.2 Å². The smallest absolute Gasteiger partial charge is 0.118 e. The van der Waals surface area contributed by atoms with Crippen molar-refractivity contribution in [3.8, 4) is 11.5 Å². The second-order valence-electron chi connectivity index (χ2n) is 5.58. The van der Waals surface area contributed by atoms with Gasteiger partial charge < -0.3 is 9.47 Å². The summed E-state index contributed by atoms with van der Waals surface area (Å²) in [4.78, 5) is 0. The molecule has 2 aromatic carbocycles. The molecule has 0 fully saturated rings. The van der Waals surface area contributed by atoms with Crippen molar-refractivity contribution in [1.29, 1.82) is 0 Å². The lowest BCUT2D eigenvalue weighted by atomic mass is 9.94. The van der Waals surface area contributed by atoms with Gasteiger partial charge in [0.05, 0.1) is 14.2 Å². The molecule has 2 rings (SSSR count). The van der Waals surface area contributed by atoms with Crippen molar-refractivity contribution in [3.63, 3.8) is 0 Å². The Hall–Kier alpha value is -2.48. The quantitative estimate of drug-likeness (QED) is 0.623. The first-order chi connectivity index (χ1) is 11.7. The van der Waals surface area contributed by atoms with E-state index in [1.807, 2.05) is 24.3 Å². The van der Waals surface area contributed by atoms with Gasteiger partial charge in [-0.15, -0.1) is 0 Å². The number of allylic oxidation sites excluding steroid dienone is 4. The third-order valence-corrected chi connectivity index (χ3v) is 4.28. The molecule has 0 aliphatic heterocycles. The Kier molecular flexibility index (Phi) is 6.68. The van der Waals surface area contributed by atoms with Crippen LogP contribution in [0.4, 0.5) is 0 Å². The topological polar surface area (TPSA) is 18.5 Å². The molecule has 0 aliphatic rings. The van der Waals surface area contributed by atoms with Crippen LogP contribution in [0.2, 0.25) is 0 Å². The summed E-state index contributed by atoms with van der Waals surface area (Å²) in [7, 11) is 3.39. The molecule has 0 saturated heterocycles. The summed E-state index contributed by atoms with van der Waals surface area (Å²) in [6.45, 7) is 4.20. The van der Waals surface area contributed by atoms with Gasteiger partial charge in [0.25, 0.3) is 0 Å². The molecule has 2 aromatic rings. The van der Waals surface area contributed by atoms with Crippen molar-refractivity contribution in [2.24, 2.45) is 0 Å². The number of rotatable bonds is 7. The van der Waals surface area contributed by atoms with Crippen LogP contribution in [0.15, 0.2) is 60.7 Å². The van der Waals surface area contributed by atoms with Crippen LogP contribution in [0.25, 0.3) is 11.1 Å². The van der Waals surface area contributed by atoms with Crippen molar-refractivity contribution < 1.29 is 9.47 Å². The fourth-order valence-electron chi connectivity index (χ4n) is 2.79. The van der Waals surface area contributed by atoms with E-state index in [0.717, 1.165) is 24.3 Å². The maximum absolute atomic E-state index is 5.24. The first-order valence-electron chi connectivity index (χ1n) is 8.31. The highest BCUT2D eigenvalue weighted by Crippen LogP contribution is 2.28. The number of methoxy groups -OCH3 is 2. The first kappa shape index (κ1) is 17.9. The minimum absolute atomic E-state index is 0.890. The molecule has 0 aromatic heterocycles. The highest BCUT2D eigenvalue weighted by molar-refractivity contribution is 5.71. The molecule has 0 heterocycles. The van der Waals surface area contributed by atoms with E-state index >= 15 is 0 Å². The normalized spacial score (nSPS) is 12.2. The molecule has 0 aliphatic carbocycles. The fraction of sp³-hybridized carbons (Fsp3) is 0.273. The number of hydrogen-bond donors (Lipinski definition) is 0. The van der Waals surface area contributed by atoms with Gasteiger partial charge >= 0.3 is 0 Å². The predicted octanol–water partition coefficient (Wildman–Crippen LogP) is 5.99. The number of benzene rings is 2. The molecule has 0 spiro atoms. The summed E-state index contributed by atoms with van der Waals surface area (Å²) in [6, 6.07) is 16.5. The first-order valence-corrected chi connectivity index (χ1v) is 8.31. The average Bonchev–Trinajstić information content (AvgIpc) is 2.66. The summed E-state index contributed by atoms with van der Waals surface area (Å²) in [5.74, 6) is 1.78. The Labute approximate surface area is 145 Å². The Bertz CT molecular complexity index is 628. The predicted molar refractivity (Wildman–Crippen MR) is 103 cm³/mol. The van der Waals surface area contributed by atoms with Crippen molar-refractivity contribution in [2.75, 3.05) is 14.2 Å². The van der Waals surface area contributed by atoms with E-state index in [1.165, 1.54) is 22.3 Å². The van der Waals surface area contributed by atoms with Gasteiger partial charge in [-0.2, -0.15) is 0 Å². The van der Waals surface area contributed by atoms with Gasteiger partial charge in [0, 0.05) is 0 Å². The van der Waals surface area contributed by atoms with E-state index in [1.54, 1.807) is 14.2 Å². The van der Waals surface area contributed by atoms with Gasteiger partial charge in [-0.1, -0.05) is 36.4 Å². The van der Waals surface area contributed by atoms with Gasteiger partial charge in [0.1, 0.15) is 11.5 Å². The molecule has 0 atom stereocenters. The van der Waals surface area contributed by atoms with Crippen molar-refractivity contribution >= 4 is 11.1 Å². The minimum Gasteiger partial charge on any atom is -0.497 e. The van der Waals surface area contributed by atoms with Gasteiger partial charge in [0.15, 0.2) is 0 Å². The van der Waals surface area contributed by atoms with E-state index in [4.69, 9.17) is 9.47 Å². The van der Waals surface area contributed by atoms with Crippen LogP contribution in [-0.4, -0.2) is 14.2 Å². The standard InChI is InChI=1S/C22H26O2/c1-5-17(19-9-13-21(23-3)14-10-19)7-8-18(6-2)20-11-15-22(24-4)16-12-20/h5-6,9-16H,7-8H2,1-4H3/b17-5+,18-6+. The molecule has 0 amide bonds. The Balaban J connectivity index is 2.07. The third-order valence-electron chi connectivity index (χ3n) is 4.28. The summed E-state index contributed by atoms with van der Waals surface area (Å²) in [5.41, 5.74) is 5.21. The van der Waals surface area contributed by atoms with E-state index in [2.05, 4.69) is 50.3 Å². The van der Waals surface area contributed by atoms with Crippen LogP contribution in [0.5, 0.6) is 11.5 Å². The average molecular weight is 322 g/mol. The zero-order valence-corrected chi connectivity index (χ0v) is 15.0. The van der Waals surface area contributed by atoms with E-state index in [-0.39, 0.29) is 0 Å². The van der Waals surface area contributed by atoms with Gasteiger partial charge in [-0.3, -0.25) is 0 Å². The van der Waals surface area contributed by atoms with Crippen LogP contribution in [0.1, 0.15) is 37.8 Å². The molecule has 0 saturated carbocycles. The molecule has 2 heteroatoms. The van der Waals surface area contributed by atoms with Crippen LogP contribution < -0.4 is 9.47 Å². The Morgan fingerprint density at radius 1 is 0.667 bits per heavy atom. The molecule has 126 valence electrons. The summed E-state index contributed by atoms with van der Waals surface area (Å²) in [6.07, 6.45) is 6.41. The van der Waals surface area contributed by atoms with Crippen LogP contribution in [0.3, 0.4) is 0 Å². The molecular formula is C22H26O2. The highest BCUT2D eigenvalue weighted by atomic mass is 16.5. The van der Waals surface area contributed by atoms with E-state index in [0.29, 0.717) is 0 Å². The molecule has 24 heavy (non-hydrogen) atoms. The minimum atomic E-state index is 0.890. The highest BCUT2D eigenvalue weighted by Gasteiger charge is 2.06. The van der Waals surface area contributed by atoms with E-state index in [9.17, 15) is 0 Å². The van der Waals surface area contributed by atoms with E-state index < -0.39 is 0 Å². The van der Waals surface area contributed by atoms with Crippen LogP contribution >= 0.6 is 0 Å². The summed E-state index contributed by atoms with van der Waals surface area (Å²) >= 11 is 0. The molecular weight excluding hydrogens is 296 g/mol. The second-order valence-corrected chi connectivity index (χ2v) is 5.58. The molecule has 0 radical (unpaired) electrons. The van der Waals surface area contributed by atoms with Gasteiger partial charge in [0.2, 0.25) is 0 Å². The fourth-order valence-corrected chi connectivity index (χ4v) is 2.79. The largest absolute Gasteiger partial charge is 0.497 e. The zero-order valence-electron chi connectivity index (χ0n) is 15.0. The monoisotopic (exact) mass is 322 g/mol. The lowest BCUT2D eigenvalue weighted by Crippen LogP contribution is -1.90. The molecule has 0 bridgehead atoms. The number of ether oxygens (including phenoxy) is 2. The van der Waals surface area contributed by atoms with Crippen molar-refractivity contribution in [3.05, 3.63) is 71.8 Å². The van der Waals surface area contributed by atoms with Crippen molar-refractivity contribution in [2.45, 2.75) is 26.7 Å². The Morgan fingerprint density at radius 3 is 1.25 bits per heavy atom. The lowest BCUT2D eigenvalue weighted by molar-refractivity contribution is 0.414. The van der Waals surface area contributed by atoms with Crippen LogP contribution in [-0.2, 0) is 0 Å². The summed E-state index contributed by atoms with van der Waals surface area (Å²) in [5, 5.41) is 0. The van der Waals surface area contributed by atoms with Gasteiger partial charge in [-0.25, -0.2) is 0 Å². The number of hydrogen-bond acceptors (Lipinski definition) is 2. The molecule has 0 unspecified atom stereocenters. The van der Waals surface area contributed by atoms with Crippen molar-refractivity contribution in [1.82, 2.24) is 0 Å². The Morgan fingerprint density at radius 2 is 1.00 bits per heavy atom. The molecule has 0 N–H and O–H groups in total. The molecule has 2 nitrogen and oxygen atoms in total. The third kappa shape index (κ3) is 4.51. The second kappa shape index (κ2) is 8.97. The zero-order chi connectivity index (χ0) is 17.4.